The predicted octanol–water partition coefficient (Wildman–Crippen LogP) is 4.04. The van der Waals surface area contributed by atoms with Crippen LogP contribution in [0.5, 0.6) is 0 Å². The number of hydrogen-bond donors (Lipinski definition) is 1. The van der Waals surface area contributed by atoms with Gasteiger partial charge in [-0.1, -0.05) is 47.0 Å². The average Bonchev–Trinajstić information content (AvgIpc) is 2.14. The quantitative estimate of drug-likeness (QED) is 0.804. The molecule has 0 unspecified atom stereocenters. The van der Waals surface area contributed by atoms with Crippen molar-refractivity contribution in [3.05, 3.63) is 38.8 Å². The zero-order chi connectivity index (χ0) is 10.6. The second-order valence-electron chi connectivity index (χ2n) is 2.70. The van der Waals surface area contributed by atoms with Crippen LogP contribution in [-0.2, 0) is 0 Å². The molecule has 1 nitrogen and oxygen atoms in total. The number of aliphatic hydroxyl groups is 1. The summed E-state index contributed by atoms with van der Waals surface area (Å²) in [4.78, 5) is 0. The van der Waals surface area contributed by atoms with Crippen molar-refractivity contribution in [3.8, 4) is 0 Å². The van der Waals surface area contributed by atoms with Crippen molar-refractivity contribution in [2.45, 2.75) is 6.42 Å². The third kappa shape index (κ3) is 3.18. The molecule has 0 bridgehead atoms. The standard InChI is InChI=1S/C10H9Cl3O/c11-8-6-10(13)9(12)5-7(8)3-1-2-4-14/h1,3,5-6,14H,2,4H2. The Morgan fingerprint density at radius 3 is 2.36 bits per heavy atom. The monoisotopic (exact) mass is 250 g/mol. The number of rotatable bonds is 3. The van der Waals surface area contributed by atoms with Crippen molar-refractivity contribution in [2.24, 2.45) is 0 Å². The maximum atomic E-state index is 8.58. The number of hydrogen-bond acceptors (Lipinski definition) is 1. The predicted molar refractivity (Wildman–Crippen MR) is 62.2 cm³/mol. The Hall–Kier alpha value is -0.210. The summed E-state index contributed by atoms with van der Waals surface area (Å²) in [7, 11) is 0. The number of benzene rings is 1. The van der Waals surface area contributed by atoms with Crippen LogP contribution < -0.4 is 0 Å². The van der Waals surface area contributed by atoms with Gasteiger partial charge in [0.25, 0.3) is 0 Å². The summed E-state index contributed by atoms with van der Waals surface area (Å²) in [6.45, 7) is 0.120. The smallest absolute Gasteiger partial charge is 0.0607 e. The molecule has 1 N–H and O–H groups in total. The van der Waals surface area contributed by atoms with E-state index in [1.54, 1.807) is 18.2 Å². The highest BCUT2D eigenvalue weighted by Crippen LogP contribution is 2.29. The van der Waals surface area contributed by atoms with Crippen LogP contribution in [0, 0.1) is 0 Å². The summed E-state index contributed by atoms with van der Waals surface area (Å²) in [5, 5.41) is 10.0. The fraction of sp³-hybridized carbons (Fsp3) is 0.200. The van der Waals surface area contributed by atoms with Gasteiger partial charge >= 0.3 is 0 Å². The van der Waals surface area contributed by atoms with Crippen molar-refractivity contribution in [1.82, 2.24) is 0 Å². The fourth-order valence-corrected chi connectivity index (χ4v) is 1.57. The highest BCUT2D eigenvalue weighted by atomic mass is 35.5. The van der Waals surface area contributed by atoms with Gasteiger partial charge < -0.3 is 5.11 Å². The molecule has 14 heavy (non-hydrogen) atoms. The Morgan fingerprint density at radius 2 is 1.71 bits per heavy atom. The molecule has 0 atom stereocenters. The lowest BCUT2D eigenvalue weighted by atomic mass is 10.2. The third-order valence-corrected chi connectivity index (χ3v) is 2.68. The molecule has 1 aromatic rings. The van der Waals surface area contributed by atoms with Gasteiger partial charge in [-0.2, -0.15) is 0 Å². The van der Waals surface area contributed by atoms with Crippen LogP contribution in [0.2, 0.25) is 15.1 Å². The lowest BCUT2D eigenvalue weighted by Gasteiger charge is -2.01. The number of aliphatic hydroxyl groups excluding tert-OH is 1. The van der Waals surface area contributed by atoms with E-state index in [4.69, 9.17) is 39.9 Å². The third-order valence-electron chi connectivity index (χ3n) is 1.63. The van der Waals surface area contributed by atoms with Crippen molar-refractivity contribution in [1.29, 1.82) is 0 Å². The highest BCUT2D eigenvalue weighted by molar-refractivity contribution is 6.43. The Kier molecular flexibility index (Phi) is 4.76. The maximum absolute atomic E-state index is 8.58. The van der Waals surface area contributed by atoms with E-state index in [-0.39, 0.29) is 6.61 Å². The minimum Gasteiger partial charge on any atom is -0.396 e. The molecule has 0 saturated carbocycles. The SMILES string of the molecule is OCCC=Cc1cc(Cl)c(Cl)cc1Cl. The fourth-order valence-electron chi connectivity index (χ4n) is 0.951. The van der Waals surface area contributed by atoms with E-state index in [2.05, 4.69) is 0 Å². The molecule has 0 aliphatic rings. The normalized spacial score (nSPS) is 11.1. The summed E-state index contributed by atoms with van der Waals surface area (Å²) < 4.78 is 0. The van der Waals surface area contributed by atoms with E-state index in [9.17, 15) is 0 Å². The van der Waals surface area contributed by atoms with Gasteiger partial charge in [-0.3, -0.25) is 0 Å². The molecule has 0 heterocycles. The lowest BCUT2D eigenvalue weighted by Crippen LogP contribution is -1.79. The first-order valence-corrected chi connectivity index (χ1v) is 5.20. The Morgan fingerprint density at radius 1 is 1.07 bits per heavy atom. The average molecular weight is 252 g/mol. The van der Waals surface area contributed by atoms with Gasteiger partial charge in [0.1, 0.15) is 0 Å². The molecule has 1 aromatic carbocycles. The molecule has 76 valence electrons. The second kappa shape index (κ2) is 5.62. The highest BCUT2D eigenvalue weighted by Gasteiger charge is 2.02. The van der Waals surface area contributed by atoms with Gasteiger partial charge in [0.15, 0.2) is 0 Å². The molecule has 0 aliphatic carbocycles. The number of halogens is 3. The van der Waals surface area contributed by atoms with Crippen LogP contribution >= 0.6 is 34.8 Å². The van der Waals surface area contributed by atoms with E-state index in [0.717, 1.165) is 5.56 Å². The van der Waals surface area contributed by atoms with Crippen LogP contribution in [0.4, 0.5) is 0 Å². The minimum absolute atomic E-state index is 0.120. The molecule has 0 amide bonds. The maximum Gasteiger partial charge on any atom is 0.0607 e. The molecule has 0 fully saturated rings. The van der Waals surface area contributed by atoms with Crippen molar-refractivity contribution in [2.75, 3.05) is 6.61 Å². The minimum atomic E-state index is 0.120. The molecule has 0 aromatic heterocycles. The van der Waals surface area contributed by atoms with Crippen LogP contribution in [0.25, 0.3) is 6.08 Å². The molecule has 0 saturated heterocycles. The van der Waals surface area contributed by atoms with E-state index >= 15 is 0 Å². The molecule has 0 aliphatic heterocycles. The molecular formula is C10H9Cl3O. The van der Waals surface area contributed by atoms with E-state index < -0.39 is 0 Å². The molecule has 1 rings (SSSR count). The Labute approximate surface area is 97.9 Å². The lowest BCUT2D eigenvalue weighted by molar-refractivity contribution is 0.303. The summed E-state index contributed by atoms with van der Waals surface area (Å²) in [5.74, 6) is 0. The topological polar surface area (TPSA) is 20.2 Å². The van der Waals surface area contributed by atoms with E-state index in [0.29, 0.717) is 21.5 Å². The van der Waals surface area contributed by atoms with Crippen LogP contribution in [0.3, 0.4) is 0 Å². The van der Waals surface area contributed by atoms with Gasteiger partial charge in [0, 0.05) is 11.6 Å². The first kappa shape index (κ1) is 11.9. The summed E-state index contributed by atoms with van der Waals surface area (Å²) in [5.41, 5.74) is 0.800. The summed E-state index contributed by atoms with van der Waals surface area (Å²) in [6, 6.07) is 3.30. The van der Waals surface area contributed by atoms with E-state index in [1.165, 1.54) is 0 Å². The summed E-state index contributed by atoms with van der Waals surface area (Å²) >= 11 is 17.5. The first-order chi connectivity index (χ1) is 6.65. The second-order valence-corrected chi connectivity index (χ2v) is 3.92. The van der Waals surface area contributed by atoms with Gasteiger partial charge in [-0.25, -0.2) is 0 Å². The van der Waals surface area contributed by atoms with E-state index in [1.807, 2.05) is 6.08 Å². The van der Waals surface area contributed by atoms with Gasteiger partial charge in [0.05, 0.1) is 10.0 Å². The van der Waals surface area contributed by atoms with Crippen molar-refractivity contribution >= 4 is 40.9 Å². The van der Waals surface area contributed by atoms with Crippen molar-refractivity contribution in [3.63, 3.8) is 0 Å². The zero-order valence-electron chi connectivity index (χ0n) is 7.30. The molecule has 4 heteroatoms. The first-order valence-electron chi connectivity index (χ1n) is 4.07. The molecule has 0 radical (unpaired) electrons. The Bertz CT molecular complexity index is 347. The zero-order valence-corrected chi connectivity index (χ0v) is 9.57. The van der Waals surface area contributed by atoms with Crippen LogP contribution in [0.15, 0.2) is 18.2 Å². The molecular weight excluding hydrogens is 242 g/mol. The summed E-state index contributed by atoms with van der Waals surface area (Å²) in [6.07, 6.45) is 4.22. The molecule has 0 spiro atoms. The Balaban J connectivity index is 2.92. The van der Waals surface area contributed by atoms with Gasteiger partial charge in [-0.15, -0.1) is 0 Å². The van der Waals surface area contributed by atoms with Crippen molar-refractivity contribution < 1.29 is 5.11 Å². The largest absolute Gasteiger partial charge is 0.396 e. The van der Waals surface area contributed by atoms with Crippen LogP contribution in [-0.4, -0.2) is 11.7 Å². The van der Waals surface area contributed by atoms with Crippen LogP contribution in [0.1, 0.15) is 12.0 Å². The van der Waals surface area contributed by atoms with Gasteiger partial charge in [0.2, 0.25) is 0 Å². The van der Waals surface area contributed by atoms with Gasteiger partial charge in [-0.05, 0) is 24.1 Å².